The fraction of sp³-hybridized carbons (Fsp3) is 0.478. The number of hydrogen-bond acceptors (Lipinski definition) is 8. The molecule has 3 aliphatic rings. The Morgan fingerprint density at radius 2 is 2.06 bits per heavy atom. The Morgan fingerprint density at radius 1 is 1.27 bits per heavy atom. The Labute approximate surface area is 203 Å². The van der Waals surface area contributed by atoms with Gasteiger partial charge in [0, 0.05) is 31.3 Å². The van der Waals surface area contributed by atoms with Crippen molar-refractivity contribution in [2.75, 3.05) is 42.8 Å². The first-order valence-electron chi connectivity index (χ1n) is 11.1. The van der Waals surface area contributed by atoms with Crippen LogP contribution < -0.4 is 9.62 Å². The van der Waals surface area contributed by atoms with E-state index in [-0.39, 0.29) is 16.6 Å². The Kier molecular flexibility index (Phi) is 6.05. The van der Waals surface area contributed by atoms with Gasteiger partial charge >= 0.3 is 0 Å². The number of likely N-dealkylation sites (tertiary alicyclic amines) is 1. The maximum atomic E-state index is 13.1. The van der Waals surface area contributed by atoms with E-state index in [1.165, 1.54) is 15.6 Å². The quantitative estimate of drug-likeness (QED) is 0.649. The predicted octanol–water partition coefficient (Wildman–Crippen LogP) is 3.48. The molecule has 1 N–H and O–H groups in total. The molecule has 0 saturated carbocycles. The Balaban J connectivity index is 1.29. The lowest BCUT2D eigenvalue weighted by Crippen LogP contribution is -2.44. The van der Waals surface area contributed by atoms with Crippen LogP contribution in [-0.2, 0) is 21.2 Å². The number of nitrogens with zero attached hydrogens (tertiary/aromatic N) is 3. The standard InChI is InChI=1S/C23H28N4O3S3/c1-16(28)14-27-10-8-23(9-11-27)15-24-22(32-23)18-13-17-5-3-6-19(21(17)25-18)26(2)33(29,30)20-7-4-12-31-20/h3-7,12,18,25H,8-11,13-15H2,1-2H3. The van der Waals surface area contributed by atoms with Gasteiger partial charge in [-0.2, -0.15) is 0 Å². The molecule has 2 aromatic rings. The Hall–Kier alpha value is -1.88. The third-order valence-corrected chi connectivity index (χ3v) is 11.4. The van der Waals surface area contributed by atoms with Crippen LogP contribution in [0.1, 0.15) is 25.3 Å². The largest absolute Gasteiger partial charge is 0.374 e. The summed E-state index contributed by atoms with van der Waals surface area (Å²) < 4.78 is 28.0. The van der Waals surface area contributed by atoms with Crippen molar-refractivity contribution in [1.82, 2.24) is 4.90 Å². The lowest BCUT2D eigenvalue weighted by atomic mass is 9.95. The van der Waals surface area contributed by atoms with Gasteiger partial charge in [0.25, 0.3) is 10.0 Å². The first-order valence-corrected chi connectivity index (χ1v) is 14.3. The van der Waals surface area contributed by atoms with Gasteiger partial charge in [-0.25, -0.2) is 8.42 Å². The summed E-state index contributed by atoms with van der Waals surface area (Å²) in [4.78, 5) is 18.6. The topological polar surface area (TPSA) is 82.1 Å². The van der Waals surface area contributed by atoms with Crippen LogP contribution in [0.5, 0.6) is 0 Å². The number of Topliss-reactive ketones (excluding diaryl/α,β-unsaturated/α-hetero) is 1. The minimum Gasteiger partial charge on any atom is -0.374 e. The summed E-state index contributed by atoms with van der Waals surface area (Å²) in [5.74, 6) is 0.219. The van der Waals surface area contributed by atoms with Crippen LogP contribution in [0.3, 0.4) is 0 Å². The van der Waals surface area contributed by atoms with Crippen molar-refractivity contribution in [3.8, 4) is 0 Å². The smallest absolute Gasteiger partial charge is 0.273 e. The van der Waals surface area contributed by atoms with Gasteiger partial charge in [-0.15, -0.1) is 23.1 Å². The monoisotopic (exact) mass is 504 g/mol. The van der Waals surface area contributed by atoms with Crippen LogP contribution in [0.2, 0.25) is 0 Å². The van der Waals surface area contributed by atoms with Gasteiger partial charge < -0.3 is 5.32 Å². The lowest BCUT2D eigenvalue weighted by molar-refractivity contribution is -0.118. The van der Waals surface area contributed by atoms with E-state index in [2.05, 4.69) is 16.3 Å². The number of thiophene rings is 1. The van der Waals surface area contributed by atoms with Crippen LogP contribution in [0.15, 0.2) is 44.9 Å². The number of benzene rings is 1. The number of ketones is 1. The average molecular weight is 505 g/mol. The number of thioether (sulfide) groups is 1. The van der Waals surface area contributed by atoms with Crippen molar-refractivity contribution in [2.45, 2.75) is 41.2 Å². The summed E-state index contributed by atoms with van der Waals surface area (Å²) in [5.41, 5.74) is 2.66. The van der Waals surface area contributed by atoms with Crippen LogP contribution in [0.25, 0.3) is 0 Å². The molecular weight excluding hydrogens is 476 g/mol. The molecule has 1 aromatic carbocycles. The summed E-state index contributed by atoms with van der Waals surface area (Å²) >= 11 is 3.11. The summed E-state index contributed by atoms with van der Waals surface area (Å²) in [7, 11) is -1.98. The second-order valence-electron chi connectivity index (χ2n) is 9.03. The van der Waals surface area contributed by atoms with Crippen molar-refractivity contribution in [2.24, 2.45) is 4.99 Å². The zero-order valence-electron chi connectivity index (χ0n) is 18.8. The fourth-order valence-electron chi connectivity index (χ4n) is 4.84. The number of hydrogen-bond donors (Lipinski definition) is 1. The highest BCUT2D eigenvalue weighted by molar-refractivity contribution is 8.15. The first kappa shape index (κ1) is 22.9. The molecule has 1 saturated heterocycles. The minimum absolute atomic E-state index is 0.0682. The number of aliphatic imine (C=N–C) groups is 1. The van der Waals surface area contributed by atoms with Crippen LogP contribution >= 0.6 is 23.1 Å². The average Bonchev–Trinajstić information content (AvgIpc) is 3.54. The van der Waals surface area contributed by atoms with Gasteiger partial charge in [-0.3, -0.25) is 19.0 Å². The van der Waals surface area contributed by atoms with E-state index < -0.39 is 10.0 Å². The maximum absolute atomic E-state index is 13.1. The summed E-state index contributed by atoms with van der Waals surface area (Å²) in [5, 5.41) is 6.48. The van der Waals surface area contributed by atoms with E-state index in [0.717, 1.165) is 55.2 Å². The maximum Gasteiger partial charge on any atom is 0.273 e. The molecule has 3 aliphatic heterocycles. The predicted molar refractivity (Wildman–Crippen MR) is 136 cm³/mol. The van der Waals surface area contributed by atoms with Gasteiger partial charge in [0.15, 0.2) is 0 Å². The number of carbonyl (C=O) groups is 1. The Bertz CT molecular complexity index is 1190. The van der Waals surface area contributed by atoms with Crippen molar-refractivity contribution < 1.29 is 13.2 Å². The molecule has 4 heterocycles. The zero-order chi connectivity index (χ0) is 23.2. The van der Waals surface area contributed by atoms with E-state index in [9.17, 15) is 13.2 Å². The SMILES string of the molecule is CC(=O)CN1CCC2(CC1)CN=C(C1Cc3cccc(N(C)S(=O)(=O)c4cccs4)c3N1)S2. The van der Waals surface area contributed by atoms with Crippen molar-refractivity contribution in [3.05, 3.63) is 41.3 Å². The molecule has 5 rings (SSSR count). The van der Waals surface area contributed by atoms with Crippen LogP contribution in [-0.4, -0.2) is 68.2 Å². The molecule has 1 spiro atoms. The molecule has 1 aromatic heterocycles. The molecule has 1 fully saturated rings. The molecule has 176 valence electrons. The molecule has 0 amide bonds. The second kappa shape index (κ2) is 8.72. The number of piperidine rings is 1. The summed E-state index contributed by atoms with van der Waals surface area (Å²) in [6.07, 6.45) is 2.86. The highest BCUT2D eigenvalue weighted by Gasteiger charge is 2.43. The Morgan fingerprint density at radius 3 is 2.76 bits per heavy atom. The number of nitrogens with one attached hydrogen (secondary N) is 1. The summed E-state index contributed by atoms with van der Waals surface area (Å²) in [6, 6.07) is 9.31. The lowest BCUT2D eigenvalue weighted by Gasteiger charge is -2.37. The van der Waals surface area contributed by atoms with E-state index in [4.69, 9.17) is 4.99 Å². The summed E-state index contributed by atoms with van der Waals surface area (Å²) in [6.45, 7) is 4.87. The zero-order valence-corrected chi connectivity index (χ0v) is 21.2. The van der Waals surface area contributed by atoms with Gasteiger partial charge in [0.2, 0.25) is 0 Å². The van der Waals surface area contributed by atoms with E-state index in [0.29, 0.717) is 16.4 Å². The van der Waals surface area contributed by atoms with Crippen molar-refractivity contribution in [1.29, 1.82) is 0 Å². The van der Waals surface area contributed by atoms with Crippen LogP contribution in [0.4, 0.5) is 11.4 Å². The third kappa shape index (κ3) is 4.34. The number of rotatable bonds is 6. The molecule has 0 aliphatic carbocycles. The molecule has 33 heavy (non-hydrogen) atoms. The minimum atomic E-state index is -3.60. The van der Waals surface area contributed by atoms with Crippen LogP contribution in [0, 0.1) is 0 Å². The van der Waals surface area contributed by atoms with Gasteiger partial charge in [0.1, 0.15) is 9.99 Å². The number of anilines is 2. The highest BCUT2D eigenvalue weighted by Crippen LogP contribution is 2.45. The van der Waals surface area contributed by atoms with Gasteiger partial charge in [-0.05, 0) is 42.8 Å². The van der Waals surface area contributed by atoms with Crippen molar-refractivity contribution in [3.63, 3.8) is 0 Å². The van der Waals surface area contributed by atoms with Gasteiger partial charge in [0.05, 0.1) is 35.5 Å². The first-order chi connectivity index (χ1) is 15.8. The second-order valence-corrected chi connectivity index (χ2v) is 13.7. The third-order valence-electron chi connectivity index (χ3n) is 6.68. The molecule has 0 bridgehead atoms. The molecular formula is C23H28N4O3S3. The molecule has 7 nitrogen and oxygen atoms in total. The number of para-hydroxylation sites is 1. The molecule has 1 unspecified atom stereocenters. The number of sulfonamides is 1. The fourth-order valence-corrected chi connectivity index (χ4v) is 8.58. The van der Waals surface area contributed by atoms with E-state index in [1.54, 1.807) is 31.5 Å². The normalized spacial score (nSPS) is 22.1. The molecule has 10 heteroatoms. The molecule has 1 atom stereocenters. The molecule has 0 radical (unpaired) electrons. The van der Waals surface area contributed by atoms with E-state index in [1.807, 2.05) is 23.9 Å². The van der Waals surface area contributed by atoms with E-state index >= 15 is 0 Å². The number of carbonyl (C=O) groups excluding carboxylic acids is 1. The van der Waals surface area contributed by atoms with Crippen molar-refractivity contribution >= 4 is 55.3 Å². The number of fused-ring (bicyclic) bond motifs is 1. The van der Waals surface area contributed by atoms with Gasteiger partial charge in [-0.1, -0.05) is 18.2 Å². The highest BCUT2D eigenvalue weighted by atomic mass is 32.2.